The fourth-order valence-electron chi connectivity index (χ4n) is 1.02. The van der Waals surface area contributed by atoms with Gasteiger partial charge in [-0.05, 0) is 24.6 Å². The molecule has 1 aliphatic rings. The maximum absolute atomic E-state index is 10.8. The van der Waals surface area contributed by atoms with Gasteiger partial charge in [-0.15, -0.1) is 0 Å². The Morgan fingerprint density at radius 2 is 2.25 bits per heavy atom. The van der Waals surface area contributed by atoms with Gasteiger partial charge in [-0.3, -0.25) is 10.2 Å². The standard InChI is InChI=1S/C9H12N2O2S.C2H6/c1-6(12)4-2-3-5-7-8(10)11-9(13)14-7;1-2/h5,12H,1-4H2,(H2,10,11,13);1-2H3/b7-5-;. The lowest BCUT2D eigenvalue weighted by atomic mass is 10.2. The maximum Gasteiger partial charge on any atom is 0.289 e. The van der Waals surface area contributed by atoms with Gasteiger partial charge in [0.05, 0.1) is 10.7 Å². The van der Waals surface area contributed by atoms with Crippen LogP contribution in [0.2, 0.25) is 0 Å². The Bertz CT molecular complexity index is 311. The molecule has 1 heterocycles. The van der Waals surface area contributed by atoms with Crippen molar-refractivity contribution in [2.75, 3.05) is 0 Å². The first kappa shape index (κ1) is 14.8. The van der Waals surface area contributed by atoms with Crippen LogP contribution in [0.5, 0.6) is 0 Å². The molecule has 0 radical (unpaired) electrons. The number of carbonyl (C=O) groups excluding carboxylic acids is 1. The maximum atomic E-state index is 10.8. The molecular formula is C11H18N2O2S. The van der Waals surface area contributed by atoms with Gasteiger partial charge in [-0.25, -0.2) is 0 Å². The third kappa shape index (κ3) is 5.60. The van der Waals surface area contributed by atoms with Crippen molar-refractivity contribution in [3.8, 4) is 0 Å². The second kappa shape index (κ2) is 7.98. The van der Waals surface area contributed by atoms with Gasteiger partial charge in [0.1, 0.15) is 5.84 Å². The van der Waals surface area contributed by atoms with E-state index in [1.54, 1.807) is 0 Å². The van der Waals surface area contributed by atoms with Crippen molar-refractivity contribution in [1.82, 2.24) is 5.32 Å². The number of hydrogen-bond donors (Lipinski definition) is 3. The lowest BCUT2D eigenvalue weighted by Crippen LogP contribution is -2.17. The molecule has 90 valence electrons. The van der Waals surface area contributed by atoms with E-state index < -0.39 is 0 Å². The number of hydrogen-bond acceptors (Lipinski definition) is 4. The molecule has 0 saturated carbocycles. The average Bonchev–Trinajstić information content (AvgIpc) is 2.55. The molecule has 0 aromatic rings. The first-order valence-corrected chi connectivity index (χ1v) is 6.06. The van der Waals surface area contributed by atoms with Gasteiger partial charge < -0.3 is 10.4 Å². The highest BCUT2D eigenvalue weighted by Crippen LogP contribution is 2.24. The van der Waals surface area contributed by atoms with Gasteiger partial charge >= 0.3 is 0 Å². The van der Waals surface area contributed by atoms with E-state index in [1.807, 2.05) is 19.9 Å². The molecule has 0 aromatic heterocycles. The first-order valence-electron chi connectivity index (χ1n) is 5.24. The average molecular weight is 242 g/mol. The van der Waals surface area contributed by atoms with E-state index in [-0.39, 0.29) is 16.8 Å². The van der Waals surface area contributed by atoms with E-state index in [2.05, 4.69) is 11.9 Å². The molecule has 1 saturated heterocycles. The van der Waals surface area contributed by atoms with E-state index >= 15 is 0 Å². The minimum atomic E-state index is -0.201. The Balaban J connectivity index is 0.00000106. The fraction of sp³-hybridized carbons (Fsp3) is 0.455. The predicted molar refractivity (Wildman–Crippen MR) is 68.9 cm³/mol. The second-order valence-electron chi connectivity index (χ2n) is 2.92. The summed E-state index contributed by atoms with van der Waals surface area (Å²) in [5, 5.41) is 18.4. The largest absolute Gasteiger partial charge is 0.513 e. The highest BCUT2D eigenvalue weighted by molar-refractivity contribution is 8.18. The summed E-state index contributed by atoms with van der Waals surface area (Å²) >= 11 is 1.03. The van der Waals surface area contributed by atoms with Crippen LogP contribution in [-0.4, -0.2) is 16.2 Å². The smallest absolute Gasteiger partial charge is 0.289 e. The summed E-state index contributed by atoms with van der Waals surface area (Å²) in [6.07, 6.45) is 3.90. The van der Waals surface area contributed by atoms with Gasteiger partial charge in [-0.2, -0.15) is 0 Å². The SMILES string of the molecule is C=C(O)CCC/C=C1\SC(=O)NC1=N.CC. The van der Waals surface area contributed by atoms with Crippen LogP contribution in [0.25, 0.3) is 0 Å². The zero-order valence-electron chi connectivity index (χ0n) is 9.67. The molecule has 3 N–H and O–H groups in total. The molecule has 0 bridgehead atoms. The number of thioether (sulfide) groups is 1. The summed E-state index contributed by atoms with van der Waals surface area (Å²) in [6, 6.07) is 0. The molecule has 4 nitrogen and oxygen atoms in total. The van der Waals surface area contributed by atoms with Crippen LogP contribution >= 0.6 is 11.8 Å². The van der Waals surface area contributed by atoms with E-state index in [9.17, 15) is 4.79 Å². The molecule has 1 fully saturated rings. The van der Waals surface area contributed by atoms with Crippen LogP contribution in [0.4, 0.5) is 4.79 Å². The Morgan fingerprint density at radius 3 is 2.69 bits per heavy atom. The monoisotopic (exact) mass is 242 g/mol. The summed E-state index contributed by atoms with van der Waals surface area (Å²) in [6.45, 7) is 7.37. The molecular weight excluding hydrogens is 224 g/mol. The van der Waals surface area contributed by atoms with Crippen molar-refractivity contribution in [2.45, 2.75) is 33.1 Å². The summed E-state index contributed by atoms with van der Waals surface area (Å²) in [5.74, 6) is 0.342. The van der Waals surface area contributed by atoms with Crippen LogP contribution in [0.15, 0.2) is 23.3 Å². The molecule has 0 atom stereocenters. The summed E-state index contributed by atoms with van der Waals surface area (Å²) in [4.78, 5) is 11.5. The zero-order chi connectivity index (χ0) is 12.6. The number of amides is 1. The van der Waals surface area contributed by atoms with Gasteiger partial charge in [-0.1, -0.05) is 26.5 Å². The zero-order valence-corrected chi connectivity index (χ0v) is 10.5. The number of unbranched alkanes of at least 4 members (excludes halogenated alkanes) is 1. The minimum absolute atomic E-state index is 0.169. The summed E-state index contributed by atoms with van der Waals surface area (Å²) < 4.78 is 0. The number of aliphatic hydroxyl groups excluding tert-OH is 1. The number of nitrogens with one attached hydrogen (secondary N) is 2. The molecule has 0 aromatic carbocycles. The van der Waals surface area contributed by atoms with Gasteiger partial charge in [0.2, 0.25) is 0 Å². The van der Waals surface area contributed by atoms with E-state index in [0.717, 1.165) is 24.6 Å². The molecule has 0 unspecified atom stereocenters. The number of allylic oxidation sites excluding steroid dienone is 2. The molecule has 1 rings (SSSR count). The van der Waals surface area contributed by atoms with Crippen molar-refractivity contribution < 1.29 is 9.90 Å². The van der Waals surface area contributed by atoms with E-state index in [4.69, 9.17) is 10.5 Å². The minimum Gasteiger partial charge on any atom is -0.513 e. The Hall–Kier alpha value is -1.23. The number of carbonyl (C=O) groups is 1. The van der Waals surface area contributed by atoms with Gasteiger partial charge in [0, 0.05) is 6.42 Å². The molecule has 16 heavy (non-hydrogen) atoms. The lowest BCUT2D eigenvalue weighted by Gasteiger charge is -1.96. The quantitative estimate of drug-likeness (QED) is 0.521. The van der Waals surface area contributed by atoms with Gasteiger partial charge in [0.15, 0.2) is 0 Å². The van der Waals surface area contributed by atoms with Crippen molar-refractivity contribution >= 4 is 22.8 Å². The van der Waals surface area contributed by atoms with Crippen LogP contribution in [0.3, 0.4) is 0 Å². The van der Waals surface area contributed by atoms with Crippen molar-refractivity contribution in [3.05, 3.63) is 23.3 Å². The number of aliphatic hydroxyl groups is 1. The fourth-order valence-corrected chi connectivity index (χ4v) is 1.73. The highest BCUT2D eigenvalue weighted by atomic mass is 32.2. The van der Waals surface area contributed by atoms with E-state index in [0.29, 0.717) is 11.3 Å². The van der Waals surface area contributed by atoms with Crippen LogP contribution < -0.4 is 5.32 Å². The molecule has 0 spiro atoms. The van der Waals surface area contributed by atoms with Crippen molar-refractivity contribution in [1.29, 1.82) is 5.41 Å². The van der Waals surface area contributed by atoms with Gasteiger partial charge in [0.25, 0.3) is 5.24 Å². The molecule has 1 amide bonds. The first-order chi connectivity index (χ1) is 7.59. The normalized spacial score (nSPS) is 16.8. The number of amidine groups is 1. The molecule has 5 heteroatoms. The van der Waals surface area contributed by atoms with Crippen molar-refractivity contribution in [3.63, 3.8) is 0 Å². The Morgan fingerprint density at radius 1 is 1.62 bits per heavy atom. The van der Waals surface area contributed by atoms with E-state index in [1.165, 1.54) is 0 Å². The highest BCUT2D eigenvalue weighted by Gasteiger charge is 2.20. The van der Waals surface area contributed by atoms with Crippen LogP contribution in [-0.2, 0) is 0 Å². The molecule has 1 aliphatic heterocycles. The van der Waals surface area contributed by atoms with Crippen LogP contribution in [0.1, 0.15) is 33.1 Å². The second-order valence-corrected chi connectivity index (χ2v) is 3.93. The predicted octanol–water partition coefficient (Wildman–Crippen LogP) is 3.57. The molecule has 0 aliphatic carbocycles. The number of rotatable bonds is 4. The topological polar surface area (TPSA) is 73.2 Å². The third-order valence-corrected chi connectivity index (χ3v) is 2.55. The Labute approximate surface area is 100 Å². The van der Waals surface area contributed by atoms with Crippen LogP contribution in [0, 0.1) is 5.41 Å². The summed E-state index contributed by atoms with van der Waals surface area (Å²) in [7, 11) is 0. The lowest BCUT2D eigenvalue weighted by molar-refractivity contribution is 0.265. The van der Waals surface area contributed by atoms with Crippen molar-refractivity contribution in [2.24, 2.45) is 0 Å². The Kier molecular flexibility index (Phi) is 7.37. The third-order valence-electron chi connectivity index (χ3n) is 1.68. The summed E-state index contributed by atoms with van der Waals surface area (Å²) in [5.41, 5.74) is 0.